The van der Waals surface area contributed by atoms with Crippen LogP contribution < -0.4 is 11.0 Å². The van der Waals surface area contributed by atoms with Gasteiger partial charge < -0.3 is 10.1 Å². The second-order valence-electron chi connectivity index (χ2n) is 4.83. The van der Waals surface area contributed by atoms with Crippen molar-refractivity contribution in [1.29, 1.82) is 0 Å². The van der Waals surface area contributed by atoms with E-state index in [1.807, 2.05) is 37.3 Å². The third kappa shape index (κ3) is 4.16. The van der Waals surface area contributed by atoms with Gasteiger partial charge in [-0.15, -0.1) is 11.6 Å². The predicted octanol–water partition coefficient (Wildman–Crippen LogP) is 2.34. The fourth-order valence-corrected chi connectivity index (χ4v) is 2.46. The summed E-state index contributed by atoms with van der Waals surface area (Å²) >= 11 is 5.62. The average Bonchev–Trinajstić information content (AvgIpc) is 2.81. The number of para-hydroxylation sites is 2. The van der Waals surface area contributed by atoms with Crippen LogP contribution in [0.3, 0.4) is 0 Å². The van der Waals surface area contributed by atoms with Crippen LogP contribution in [0.15, 0.2) is 41.2 Å². The van der Waals surface area contributed by atoms with Crippen LogP contribution in [-0.4, -0.2) is 34.3 Å². The molecule has 0 unspecified atom stereocenters. The first-order chi connectivity index (χ1) is 11.2. The Morgan fingerprint density at radius 3 is 2.61 bits per heavy atom. The summed E-state index contributed by atoms with van der Waals surface area (Å²) in [7, 11) is 0. The van der Waals surface area contributed by atoms with E-state index in [1.165, 1.54) is 0 Å². The summed E-state index contributed by atoms with van der Waals surface area (Å²) in [6, 6.07) is 7.54. The largest absolute Gasteiger partial charge is 0.448 e. The van der Waals surface area contributed by atoms with Gasteiger partial charge >= 0.3 is 11.8 Å². The van der Waals surface area contributed by atoms with Crippen molar-refractivity contribution < 1.29 is 9.53 Å². The molecule has 0 saturated carbocycles. The molecule has 2 rings (SSSR count). The van der Waals surface area contributed by atoms with Crippen LogP contribution in [0, 0.1) is 0 Å². The van der Waals surface area contributed by atoms with Gasteiger partial charge in [0.15, 0.2) is 0 Å². The van der Waals surface area contributed by atoms with E-state index in [4.69, 9.17) is 16.3 Å². The van der Waals surface area contributed by atoms with Gasteiger partial charge in [-0.3, -0.25) is 9.13 Å². The number of carbonyl (C=O) groups excluding carboxylic acids is 1. The number of fused-ring (bicyclic) bond motifs is 1. The van der Waals surface area contributed by atoms with E-state index in [9.17, 15) is 9.59 Å². The Balaban J connectivity index is 2.22. The quantitative estimate of drug-likeness (QED) is 0.623. The lowest BCUT2D eigenvalue weighted by atomic mass is 10.3. The van der Waals surface area contributed by atoms with Crippen LogP contribution in [0.5, 0.6) is 0 Å². The summed E-state index contributed by atoms with van der Waals surface area (Å²) in [5.74, 6) is 0.410. The van der Waals surface area contributed by atoms with E-state index in [1.54, 1.807) is 15.2 Å². The average molecular weight is 338 g/mol. The van der Waals surface area contributed by atoms with Crippen molar-refractivity contribution >= 4 is 28.7 Å². The number of aromatic nitrogens is 2. The van der Waals surface area contributed by atoms with Crippen molar-refractivity contribution in [2.24, 2.45) is 0 Å². The molecular weight excluding hydrogens is 318 g/mol. The molecule has 0 atom stereocenters. The highest BCUT2D eigenvalue weighted by Crippen LogP contribution is 2.12. The third-order valence-electron chi connectivity index (χ3n) is 3.34. The van der Waals surface area contributed by atoms with Gasteiger partial charge in [0.1, 0.15) is 6.61 Å². The molecule has 7 heteroatoms. The molecular formula is C16H20ClN3O3. The predicted molar refractivity (Wildman–Crippen MR) is 91.1 cm³/mol. The lowest BCUT2D eigenvalue weighted by Crippen LogP contribution is -2.28. The number of imidazole rings is 1. The zero-order valence-electron chi connectivity index (χ0n) is 13.0. The Hall–Kier alpha value is -2.21. The van der Waals surface area contributed by atoms with Gasteiger partial charge in [0.05, 0.1) is 17.6 Å². The van der Waals surface area contributed by atoms with Gasteiger partial charge in [-0.1, -0.05) is 24.3 Å². The number of allylic oxidation sites excluding steroid dienone is 2. The summed E-state index contributed by atoms with van der Waals surface area (Å²) in [5.41, 5.74) is 1.52. The number of alkyl halides is 1. The van der Waals surface area contributed by atoms with Crippen LogP contribution in [0.1, 0.15) is 6.92 Å². The van der Waals surface area contributed by atoms with Gasteiger partial charge in [-0.2, -0.15) is 0 Å². The minimum absolute atomic E-state index is 0.134. The minimum Gasteiger partial charge on any atom is -0.448 e. The SMILES string of the molecule is CCNC(=O)OCCn1c(=O)n(C/C=C\CCl)c2ccccc21. The highest BCUT2D eigenvalue weighted by molar-refractivity contribution is 6.18. The molecule has 124 valence electrons. The van der Waals surface area contributed by atoms with Gasteiger partial charge in [0, 0.05) is 19.0 Å². The van der Waals surface area contributed by atoms with Gasteiger partial charge in [0.25, 0.3) is 0 Å². The maximum atomic E-state index is 12.6. The molecule has 1 N–H and O–H groups in total. The Bertz CT molecular complexity index is 749. The monoisotopic (exact) mass is 337 g/mol. The Morgan fingerprint density at radius 1 is 1.26 bits per heavy atom. The summed E-state index contributed by atoms with van der Waals surface area (Å²) in [6.07, 6.45) is 3.18. The molecule has 0 radical (unpaired) electrons. The fraction of sp³-hybridized carbons (Fsp3) is 0.375. The number of hydrogen-bond acceptors (Lipinski definition) is 3. The van der Waals surface area contributed by atoms with Crippen LogP contribution in [0.4, 0.5) is 4.79 Å². The van der Waals surface area contributed by atoms with Crippen molar-refractivity contribution in [3.63, 3.8) is 0 Å². The first-order valence-corrected chi connectivity index (χ1v) is 8.02. The number of carbonyl (C=O) groups is 1. The van der Waals surface area contributed by atoms with Crippen molar-refractivity contribution in [1.82, 2.24) is 14.5 Å². The van der Waals surface area contributed by atoms with Crippen LogP contribution in [-0.2, 0) is 17.8 Å². The summed E-state index contributed by atoms with van der Waals surface area (Å²) in [4.78, 5) is 23.9. The summed E-state index contributed by atoms with van der Waals surface area (Å²) in [5, 5.41) is 2.55. The number of benzene rings is 1. The number of ether oxygens (including phenoxy) is 1. The Labute approximate surface area is 139 Å². The molecule has 0 aliphatic rings. The van der Waals surface area contributed by atoms with Crippen LogP contribution in [0.2, 0.25) is 0 Å². The molecule has 0 bridgehead atoms. The second-order valence-corrected chi connectivity index (χ2v) is 5.13. The first kappa shape index (κ1) is 17.1. The number of nitrogens with one attached hydrogen (secondary N) is 1. The van der Waals surface area contributed by atoms with Gasteiger partial charge in [-0.05, 0) is 19.1 Å². The van der Waals surface area contributed by atoms with Crippen LogP contribution >= 0.6 is 11.6 Å². The molecule has 0 aliphatic carbocycles. The number of hydrogen-bond donors (Lipinski definition) is 1. The standard InChI is InChI=1S/C16H20ClN3O3/c1-2-18-15(21)23-12-11-20-14-8-4-3-7-13(14)19(16(20)22)10-6-5-9-17/h3-8H,2,9-12H2,1H3,(H,18,21)/b6-5-. The molecule has 1 aromatic heterocycles. The first-order valence-electron chi connectivity index (χ1n) is 7.48. The van der Waals surface area contributed by atoms with E-state index >= 15 is 0 Å². The number of rotatable bonds is 7. The van der Waals surface area contributed by atoms with E-state index in [-0.39, 0.29) is 12.3 Å². The highest BCUT2D eigenvalue weighted by atomic mass is 35.5. The van der Waals surface area contributed by atoms with E-state index in [2.05, 4.69) is 5.32 Å². The molecule has 0 fully saturated rings. The van der Waals surface area contributed by atoms with E-state index in [0.29, 0.717) is 25.5 Å². The van der Waals surface area contributed by atoms with Gasteiger partial charge in [-0.25, -0.2) is 9.59 Å². The summed E-state index contributed by atoms with van der Waals surface area (Å²) in [6.45, 7) is 3.22. The van der Waals surface area contributed by atoms with Crippen molar-refractivity contribution in [3.05, 3.63) is 46.9 Å². The number of amides is 1. The summed E-state index contributed by atoms with van der Waals surface area (Å²) < 4.78 is 8.33. The molecule has 1 aromatic carbocycles. The van der Waals surface area contributed by atoms with Gasteiger partial charge in [0.2, 0.25) is 0 Å². The molecule has 0 spiro atoms. The topological polar surface area (TPSA) is 65.3 Å². The zero-order chi connectivity index (χ0) is 16.7. The molecule has 0 saturated heterocycles. The zero-order valence-corrected chi connectivity index (χ0v) is 13.8. The van der Waals surface area contributed by atoms with Crippen molar-refractivity contribution in [3.8, 4) is 0 Å². The van der Waals surface area contributed by atoms with E-state index < -0.39 is 6.09 Å². The Kier molecular flexibility index (Phi) is 6.29. The number of alkyl carbamates (subject to hydrolysis) is 1. The maximum Gasteiger partial charge on any atom is 0.407 e. The molecule has 1 heterocycles. The minimum atomic E-state index is -0.477. The van der Waals surface area contributed by atoms with E-state index in [0.717, 1.165) is 11.0 Å². The lowest BCUT2D eigenvalue weighted by Gasteiger charge is -2.06. The maximum absolute atomic E-state index is 12.6. The number of halogens is 1. The Morgan fingerprint density at radius 2 is 1.96 bits per heavy atom. The number of nitrogens with zero attached hydrogens (tertiary/aromatic N) is 2. The third-order valence-corrected chi connectivity index (χ3v) is 3.52. The molecule has 0 aliphatic heterocycles. The molecule has 6 nitrogen and oxygen atoms in total. The molecule has 23 heavy (non-hydrogen) atoms. The van der Waals surface area contributed by atoms with Crippen LogP contribution in [0.25, 0.3) is 11.0 Å². The van der Waals surface area contributed by atoms with Crippen molar-refractivity contribution in [2.45, 2.75) is 20.0 Å². The smallest absolute Gasteiger partial charge is 0.407 e. The van der Waals surface area contributed by atoms with Crippen molar-refractivity contribution in [2.75, 3.05) is 19.0 Å². The second kappa shape index (κ2) is 8.43. The lowest BCUT2D eigenvalue weighted by molar-refractivity contribution is 0.142. The fourth-order valence-electron chi connectivity index (χ4n) is 2.33. The molecule has 1 amide bonds. The molecule has 2 aromatic rings. The normalized spacial score (nSPS) is 11.2. The highest BCUT2D eigenvalue weighted by Gasteiger charge is 2.12.